The fraction of sp³-hybridized carbons (Fsp3) is 0. The Hall–Kier alpha value is -7.56. The smallest absolute Gasteiger partial charge is 0.235 e. The van der Waals surface area contributed by atoms with Gasteiger partial charge in [0.25, 0.3) is 0 Å². The molecule has 0 spiro atoms. The van der Waals surface area contributed by atoms with Gasteiger partial charge in [0.2, 0.25) is 5.95 Å². The number of nitrogens with zero attached hydrogens (tertiary/aromatic N) is 3. The van der Waals surface area contributed by atoms with Gasteiger partial charge < -0.3 is 4.42 Å². The van der Waals surface area contributed by atoms with Crippen LogP contribution in [-0.2, 0) is 0 Å². The van der Waals surface area contributed by atoms with Gasteiger partial charge in [-0.05, 0) is 57.1 Å². The number of benzene rings is 8. The second kappa shape index (κ2) is 12.5. The minimum absolute atomic E-state index is 0.588. The van der Waals surface area contributed by atoms with E-state index < -0.39 is 0 Å². The fourth-order valence-electron chi connectivity index (χ4n) is 8.70. The number of rotatable bonds is 6. The Morgan fingerprint density at radius 1 is 0.446 bits per heavy atom. The molecule has 0 amide bonds. The molecule has 3 aromatic heterocycles. The van der Waals surface area contributed by atoms with Gasteiger partial charge in [0.15, 0.2) is 0 Å². The van der Waals surface area contributed by atoms with Crippen LogP contribution in [-0.4, -0.2) is 14.5 Å². The van der Waals surface area contributed by atoms with Gasteiger partial charge in [0.1, 0.15) is 11.2 Å². The van der Waals surface area contributed by atoms with Crippen LogP contribution in [0.3, 0.4) is 0 Å². The fourth-order valence-corrected chi connectivity index (χ4v) is 8.70. The number of aromatic nitrogens is 3. The predicted octanol–water partition coefficient (Wildman–Crippen LogP) is 14.1. The number of hydrogen-bond acceptors (Lipinski definition) is 3. The first-order valence-corrected chi connectivity index (χ1v) is 18.8. The maximum atomic E-state index is 6.45. The third-order valence-corrected chi connectivity index (χ3v) is 11.2. The van der Waals surface area contributed by atoms with Crippen molar-refractivity contribution in [2.24, 2.45) is 0 Å². The molecule has 0 bridgehead atoms. The van der Waals surface area contributed by atoms with Gasteiger partial charge in [0, 0.05) is 43.6 Å². The van der Waals surface area contributed by atoms with E-state index in [-0.39, 0.29) is 0 Å². The van der Waals surface area contributed by atoms with Gasteiger partial charge in [-0.25, -0.2) is 9.97 Å². The van der Waals surface area contributed by atoms with E-state index in [0.29, 0.717) is 5.95 Å². The molecule has 3 heterocycles. The number of furan rings is 1. The van der Waals surface area contributed by atoms with Gasteiger partial charge >= 0.3 is 0 Å². The van der Waals surface area contributed by atoms with E-state index >= 15 is 0 Å². The number of fused-ring (bicyclic) bond motifs is 10. The van der Waals surface area contributed by atoms with Crippen molar-refractivity contribution in [3.8, 4) is 39.6 Å². The van der Waals surface area contributed by atoms with Crippen LogP contribution in [0.1, 0.15) is 11.1 Å². The van der Waals surface area contributed by atoms with Gasteiger partial charge in [0.05, 0.1) is 22.4 Å². The highest BCUT2D eigenvalue weighted by Crippen LogP contribution is 2.46. The molecule has 11 aromatic rings. The van der Waals surface area contributed by atoms with Gasteiger partial charge in [-0.2, -0.15) is 0 Å². The van der Waals surface area contributed by atoms with Crippen LogP contribution < -0.4 is 0 Å². The third-order valence-electron chi connectivity index (χ3n) is 11.2. The molecule has 0 fully saturated rings. The van der Waals surface area contributed by atoms with Crippen molar-refractivity contribution < 1.29 is 4.42 Å². The largest absolute Gasteiger partial charge is 0.456 e. The summed E-state index contributed by atoms with van der Waals surface area (Å²) in [6, 6.07) is 57.2. The summed E-state index contributed by atoms with van der Waals surface area (Å²) >= 11 is 0. The van der Waals surface area contributed by atoms with Crippen LogP contribution in [0.25, 0.3) is 117 Å². The zero-order valence-electron chi connectivity index (χ0n) is 30.4. The van der Waals surface area contributed by atoms with Crippen LogP contribution in [0, 0.1) is 0 Å². The van der Waals surface area contributed by atoms with Gasteiger partial charge in [-0.15, -0.1) is 0 Å². The van der Waals surface area contributed by atoms with E-state index in [1.807, 2.05) is 24.3 Å². The Bertz CT molecular complexity index is 3330. The second-order valence-corrected chi connectivity index (χ2v) is 14.2. The molecule has 4 nitrogen and oxygen atoms in total. The predicted molar refractivity (Wildman–Crippen MR) is 235 cm³/mol. The molecule has 4 heteroatoms. The molecular weight excluding hydrogens is 683 g/mol. The summed E-state index contributed by atoms with van der Waals surface area (Å²) in [6.07, 6.45) is 3.92. The zero-order chi connectivity index (χ0) is 37.3. The monoisotopic (exact) mass is 715 g/mol. The Morgan fingerprint density at radius 2 is 1.07 bits per heavy atom. The minimum atomic E-state index is 0.588. The van der Waals surface area contributed by atoms with Gasteiger partial charge in [-0.3, -0.25) is 4.57 Å². The third kappa shape index (κ3) is 4.73. The lowest BCUT2D eigenvalue weighted by atomic mass is 9.93. The van der Waals surface area contributed by atoms with E-state index in [1.165, 1.54) is 10.8 Å². The van der Waals surface area contributed by atoms with Crippen molar-refractivity contribution in [1.29, 1.82) is 0 Å². The Morgan fingerprint density at radius 3 is 1.79 bits per heavy atom. The normalized spacial score (nSPS) is 11.7. The lowest BCUT2D eigenvalue weighted by Gasteiger charge is -2.15. The summed E-state index contributed by atoms with van der Waals surface area (Å²) in [6.45, 7) is 8.64. The van der Waals surface area contributed by atoms with Crippen LogP contribution in [0.5, 0.6) is 0 Å². The number of hydrogen-bond donors (Lipinski definition) is 0. The molecule has 0 saturated carbocycles. The van der Waals surface area contributed by atoms with Crippen LogP contribution >= 0.6 is 0 Å². The summed E-state index contributed by atoms with van der Waals surface area (Å²) in [7, 11) is 0. The molecular formula is C52H33N3O. The average Bonchev–Trinajstić information content (AvgIpc) is 3.83. The van der Waals surface area contributed by atoms with E-state index in [4.69, 9.17) is 14.4 Å². The summed E-state index contributed by atoms with van der Waals surface area (Å²) in [5.41, 5.74) is 11.7. The molecule has 0 aliphatic heterocycles. The van der Waals surface area contributed by atoms with Crippen LogP contribution in [0.15, 0.2) is 181 Å². The lowest BCUT2D eigenvalue weighted by Crippen LogP contribution is -2.05. The molecule has 0 atom stereocenters. The van der Waals surface area contributed by atoms with E-state index in [1.54, 1.807) is 0 Å². The lowest BCUT2D eigenvalue weighted by molar-refractivity contribution is 0.669. The first-order valence-electron chi connectivity index (χ1n) is 18.8. The maximum Gasteiger partial charge on any atom is 0.235 e. The molecule has 56 heavy (non-hydrogen) atoms. The van der Waals surface area contributed by atoms with Crippen molar-refractivity contribution in [3.05, 3.63) is 188 Å². The highest BCUT2D eigenvalue weighted by atomic mass is 16.3. The van der Waals surface area contributed by atoms with Crippen LogP contribution in [0.2, 0.25) is 0 Å². The molecule has 0 radical (unpaired) electrons. The van der Waals surface area contributed by atoms with Crippen molar-refractivity contribution in [2.75, 3.05) is 0 Å². The molecule has 262 valence electrons. The van der Waals surface area contributed by atoms with Crippen LogP contribution in [0.4, 0.5) is 0 Å². The highest BCUT2D eigenvalue weighted by molar-refractivity contribution is 6.26. The summed E-state index contributed by atoms with van der Waals surface area (Å²) in [5, 5.41) is 8.90. The van der Waals surface area contributed by atoms with E-state index in [0.717, 1.165) is 99.3 Å². The van der Waals surface area contributed by atoms with Crippen molar-refractivity contribution >= 4 is 77.4 Å². The summed E-state index contributed by atoms with van der Waals surface area (Å²) in [5.74, 6) is 0.588. The van der Waals surface area contributed by atoms with E-state index in [2.05, 4.69) is 169 Å². The number of para-hydroxylation sites is 1. The standard InChI is InChI=1S/C52H33N3O/c1-3-36-37(4-2)49-42-25-15-24-39(35-27-28-46-43(30-35)48-38-21-12-11-16-32(38)26-29-47(48)56-46)50(42)55(51(49)41-23-14-13-22-40(36)41)52-53-44(33-17-7-5-8-18-33)31-45(54-52)34-19-9-6-10-20-34/h3-31H,1-2H2. The molecule has 8 aromatic carbocycles. The molecule has 11 rings (SSSR count). The van der Waals surface area contributed by atoms with Crippen molar-refractivity contribution in [3.63, 3.8) is 0 Å². The Labute approximate surface area is 322 Å². The molecule has 0 aliphatic carbocycles. The van der Waals surface area contributed by atoms with Crippen molar-refractivity contribution in [2.45, 2.75) is 0 Å². The molecule has 0 N–H and O–H groups in total. The first-order chi connectivity index (χ1) is 27.7. The Kier molecular flexibility index (Phi) is 7.13. The van der Waals surface area contributed by atoms with E-state index in [9.17, 15) is 0 Å². The molecule has 0 unspecified atom stereocenters. The van der Waals surface area contributed by atoms with Gasteiger partial charge in [-0.1, -0.05) is 165 Å². The maximum absolute atomic E-state index is 6.45. The molecule has 0 aliphatic rings. The minimum Gasteiger partial charge on any atom is -0.456 e. The quantitative estimate of drug-likeness (QED) is 0.172. The summed E-state index contributed by atoms with van der Waals surface area (Å²) in [4.78, 5) is 10.8. The SMILES string of the molecule is C=Cc1c(C=C)c2c3cccc(-c4ccc5oc6ccc7ccccc7c6c5c4)c3n(-c3nc(-c4ccccc4)cc(-c4ccccc4)n3)c2c2ccccc12. The summed E-state index contributed by atoms with van der Waals surface area (Å²) < 4.78 is 8.73. The average molecular weight is 716 g/mol. The highest BCUT2D eigenvalue weighted by Gasteiger charge is 2.25. The Balaban J connectivity index is 1.32. The topological polar surface area (TPSA) is 43.9 Å². The second-order valence-electron chi connectivity index (χ2n) is 14.2. The van der Waals surface area contributed by atoms with Crippen molar-refractivity contribution in [1.82, 2.24) is 14.5 Å². The zero-order valence-corrected chi connectivity index (χ0v) is 30.4. The molecule has 0 saturated heterocycles. The first kappa shape index (κ1) is 31.9.